The number of fused-ring (bicyclic) bond motifs is 1. The minimum atomic E-state index is -0.335. The van der Waals surface area contributed by atoms with Gasteiger partial charge in [-0.3, -0.25) is 0 Å². The Kier molecular flexibility index (Phi) is 4.05. The lowest BCUT2D eigenvalue weighted by atomic mass is 9.93. The quantitative estimate of drug-likeness (QED) is 0.465. The average molecular weight is 342 g/mol. The van der Waals surface area contributed by atoms with Crippen LogP contribution in [0.25, 0.3) is 33.2 Å². The Morgan fingerprint density at radius 1 is 0.769 bits per heavy atom. The Bertz CT molecular complexity index is 1120. The fourth-order valence-corrected chi connectivity index (χ4v) is 3.19. The molecule has 4 rings (SSSR count). The van der Waals surface area contributed by atoms with Crippen molar-refractivity contribution in [1.29, 1.82) is 0 Å². The van der Waals surface area contributed by atoms with Gasteiger partial charge in [-0.05, 0) is 36.2 Å². The Morgan fingerprint density at radius 2 is 1.38 bits per heavy atom. The SMILES string of the molecule is COc1ccc(-c2c(-c3ccc(C)cc3)c(=O)oc3ccccc23)cc1. The maximum absolute atomic E-state index is 12.8. The van der Waals surface area contributed by atoms with Gasteiger partial charge in [0.1, 0.15) is 11.3 Å². The van der Waals surface area contributed by atoms with Gasteiger partial charge >= 0.3 is 5.63 Å². The van der Waals surface area contributed by atoms with Crippen molar-refractivity contribution in [3.05, 3.63) is 88.8 Å². The molecule has 0 N–H and O–H groups in total. The standard InChI is InChI=1S/C23H18O3/c1-15-7-9-17(10-8-15)22-21(16-11-13-18(25-2)14-12-16)19-5-3-4-6-20(19)26-23(22)24/h3-14H,1-2H3. The highest BCUT2D eigenvalue weighted by Crippen LogP contribution is 2.36. The summed E-state index contributed by atoms with van der Waals surface area (Å²) < 4.78 is 10.9. The van der Waals surface area contributed by atoms with Crippen molar-refractivity contribution in [3.8, 4) is 28.0 Å². The van der Waals surface area contributed by atoms with E-state index in [1.165, 1.54) is 0 Å². The van der Waals surface area contributed by atoms with E-state index in [2.05, 4.69) is 0 Å². The van der Waals surface area contributed by atoms with Crippen molar-refractivity contribution in [2.45, 2.75) is 6.92 Å². The lowest BCUT2D eigenvalue weighted by Gasteiger charge is -2.13. The molecule has 0 saturated carbocycles. The molecule has 0 aliphatic rings. The van der Waals surface area contributed by atoms with Gasteiger partial charge in [0.05, 0.1) is 12.7 Å². The highest BCUT2D eigenvalue weighted by Gasteiger charge is 2.17. The van der Waals surface area contributed by atoms with Gasteiger partial charge in [0.25, 0.3) is 0 Å². The van der Waals surface area contributed by atoms with E-state index in [0.29, 0.717) is 11.1 Å². The minimum absolute atomic E-state index is 0.335. The third-order valence-electron chi connectivity index (χ3n) is 4.53. The van der Waals surface area contributed by atoms with Crippen LogP contribution in [0.2, 0.25) is 0 Å². The van der Waals surface area contributed by atoms with Crippen LogP contribution in [0.1, 0.15) is 5.56 Å². The third kappa shape index (κ3) is 2.78. The first-order valence-electron chi connectivity index (χ1n) is 8.44. The summed E-state index contributed by atoms with van der Waals surface area (Å²) in [4.78, 5) is 12.8. The Balaban J connectivity index is 2.08. The van der Waals surface area contributed by atoms with Crippen molar-refractivity contribution in [3.63, 3.8) is 0 Å². The van der Waals surface area contributed by atoms with E-state index in [1.807, 2.05) is 79.7 Å². The number of methoxy groups -OCH3 is 1. The van der Waals surface area contributed by atoms with Crippen molar-refractivity contribution in [2.75, 3.05) is 7.11 Å². The van der Waals surface area contributed by atoms with Gasteiger partial charge < -0.3 is 9.15 Å². The van der Waals surface area contributed by atoms with Gasteiger partial charge in [-0.25, -0.2) is 4.79 Å². The second kappa shape index (κ2) is 6.52. The van der Waals surface area contributed by atoms with E-state index < -0.39 is 0 Å². The van der Waals surface area contributed by atoms with Crippen molar-refractivity contribution < 1.29 is 9.15 Å². The molecule has 128 valence electrons. The molecule has 0 amide bonds. The number of hydrogen-bond donors (Lipinski definition) is 0. The number of rotatable bonds is 3. The molecule has 0 aliphatic heterocycles. The van der Waals surface area contributed by atoms with Crippen molar-refractivity contribution in [2.24, 2.45) is 0 Å². The molecule has 3 nitrogen and oxygen atoms in total. The Labute approximate surface area is 151 Å². The molecule has 0 spiro atoms. The first-order chi connectivity index (χ1) is 12.7. The number of aryl methyl sites for hydroxylation is 1. The van der Waals surface area contributed by atoms with Crippen LogP contribution in [0.5, 0.6) is 5.75 Å². The number of hydrogen-bond acceptors (Lipinski definition) is 3. The van der Waals surface area contributed by atoms with Crippen LogP contribution >= 0.6 is 0 Å². The molecule has 0 unspecified atom stereocenters. The van der Waals surface area contributed by atoms with Gasteiger partial charge in [0.2, 0.25) is 0 Å². The summed E-state index contributed by atoms with van der Waals surface area (Å²) in [6, 6.07) is 23.3. The normalized spacial score (nSPS) is 10.8. The molecule has 4 aromatic rings. The van der Waals surface area contributed by atoms with Crippen LogP contribution in [0.15, 0.2) is 82.0 Å². The van der Waals surface area contributed by atoms with Crippen LogP contribution in [-0.2, 0) is 0 Å². The number of para-hydroxylation sites is 1. The monoisotopic (exact) mass is 342 g/mol. The second-order valence-corrected chi connectivity index (χ2v) is 6.23. The molecule has 0 fully saturated rings. The maximum atomic E-state index is 12.8. The molecular weight excluding hydrogens is 324 g/mol. The predicted molar refractivity (Wildman–Crippen MR) is 105 cm³/mol. The summed E-state index contributed by atoms with van der Waals surface area (Å²) in [5.41, 5.74) is 4.64. The highest BCUT2D eigenvalue weighted by molar-refractivity contribution is 6.01. The lowest BCUT2D eigenvalue weighted by molar-refractivity contribution is 0.415. The van der Waals surface area contributed by atoms with E-state index >= 15 is 0 Å². The van der Waals surface area contributed by atoms with E-state index in [1.54, 1.807) is 7.11 Å². The van der Waals surface area contributed by atoms with Crippen LogP contribution in [-0.4, -0.2) is 7.11 Å². The summed E-state index contributed by atoms with van der Waals surface area (Å²) in [6.07, 6.45) is 0. The third-order valence-corrected chi connectivity index (χ3v) is 4.53. The zero-order valence-corrected chi connectivity index (χ0v) is 14.7. The summed E-state index contributed by atoms with van der Waals surface area (Å²) in [5.74, 6) is 0.776. The molecule has 3 aromatic carbocycles. The van der Waals surface area contributed by atoms with Gasteiger partial charge in [-0.2, -0.15) is 0 Å². The Morgan fingerprint density at radius 3 is 2.08 bits per heavy atom. The van der Waals surface area contributed by atoms with Crippen LogP contribution in [0, 0.1) is 6.92 Å². The first kappa shape index (κ1) is 16.2. The molecule has 0 bridgehead atoms. The van der Waals surface area contributed by atoms with Crippen LogP contribution in [0.4, 0.5) is 0 Å². The molecule has 0 saturated heterocycles. The molecule has 0 aliphatic carbocycles. The first-order valence-corrected chi connectivity index (χ1v) is 8.44. The van der Waals surface area contributed by atoms with Gasteiger partial charge in [-0.15, -0.1) is 0 Å². The number of ether oxygens (including phenoxy) is 1. The Hall–Kier alpha value is -3.33. The van der Waals surface area contributed by atoms with Gasteiger partial charge in [-0.1, -0.05) is 60.2 Å². The average Bonchev–Trinajstić information content (AvgIpc) is 2.68. The van der Waals surface area contributed by atoms with Crippen molar-refractivity contribution in [1.82, 2.24) is 0 Å². The van der Waals surface area contributed by atoms with E-state index in [9.17, 15) is 4.79 Å². The molecule has 26 heavy (non-hydrogen) atoms. The van der Waals surface area contributed by atoms with Gasteiger partial charge in [0.15, 0.2) is 0 Å². The molecule has 3 heteroatoms. The molecule has 0 atom stereocenters. The molecule has 1 aromatic heterocycles. The van der Waals surface area contributed by atoms with Gasteiger partial charge in [0, 0.05) is 10.9 Å². The highest BCUT2D eigenvalue weighted by atomic mass is 16.5. The van der Waals surface area contributed by atoms with E-state index in [-0.39, 0.29) is 5.63 Å². The largest absolute Gasteiger partial charge is 0.497 e. The summed E-state index contributed by atoms with van der Waals surface area (Å²) in [6.45, 7) is 2.02. The molecular formula is C23H18O3. The molecule has 0 radical (unpaired) electrons. The molecule has 1 heterocycles. The van der Waals surface area contributed by atoms with Crippen molar-refractivity contribution >= 4 is 11.0 Å². The lowest BCUT2D eigenvalue weighted by Crippen LogP contribution is -2.06. The fourth-order valence-electron chi connectivity index (χ4n) is 3.19. The smallest absolute Gasteiger partial charge is 0.344 e. The fraction of sp³-hybridized carbons (Fsp3) is 0.0870. The predicted octanol–water partition coefficient (Wildman–Crippen LogP) is 5.44. The zero-order valence-electron chi connectivity index (χ0n) is 14.7. The minimum Gasteiger partial charge on any atom is -0.497 e. The summed E-state index contributed by atoms with van der Waals surface area (Å²) >= 11 is 0. The number of benzene rings is 3. The second-order valence-electron chi connectivity index (χ2n) is 6.23. The summed E-state index contributed by atoms with van der Waals surface area (Å²) in [5, 5.41) is 0.910. The van der Waals surface area contributed by atoms with Crippen LogP contribution in [0.3, 0.4) is 0 Å². The van der Waals surface area contributed by atoms with E-state index in [4.69, 9.17) is 9.15 Å². The maximum Gasteiger partial charge on any atom is 0.344 e. The van der Waals surface area contributed by atoms with E-state index in [0.717, 1.165) is 33.4 Å². The van der Waals surface area contributed by atoms with Crippen LogP contribution < -0.4 is 10.4 Å². The zero-order chi connectivity index (χ0) is 18.1. The summed E-state index contributed by atoms with van der Waals surface area (Å²) in [7, 11) is 1.64. The topological polar surface area (TPSA) is 39.4 Å².